The van der Waals surface area contributed by atoms with Crippen LogP contribution in [0.2, 0.25) is 0 Å². The van der Waals surface area contributed by atoms with E-state index in [-0.39, 0.29) is 23.8 Å². The van der Waals surface area contributed by atoms with E-state index in [0.717, 1.165) is 19.3 Å². The second kappa shape index (κ2) is 6.44. The number of carbonyl (C=O) groups excluding carboxylic acids is 1. The molecule has 2 atom stereocenters. The van der Waals surface area contributed by atoms with Crippen molar-refractivity contribution in [3.63, 3.8) is 0 Å². The summed E-state index contributed by atoms with van der Waals surface area (Å²) >= 11 is 0. The summed E-state index contributed by atoms with van der Waals surface area (Å²) in [6.45, 7) is 3.82. The van der Waals surface area contributed by atoms with E-state index in [2.05, 4.69) is 15.8 Å². The Bertz CT molecular complexity index is 289. The molecule has 1 amide bonds. The summed E-state index contributed by atoms with van der Waals surface area (Å²) in [5, 5.41) is 17.6. The van der Waals surface area contributed by atoms with Crippen LogP contribution in [0, 0.1) is 0 Å². The van der Waals surface area contributed by atoms with Crippen LogP contribution in [0.25, 0.3) is 0 Å². The van der Waals surface area contributed by atoms with Crippen molar-refractivity contribution in [2.45, 2.75) is 57.7 Å². The van der Waals surface area contributed by atoms with Gasteiger partial charge in [0.2, 0.25) is 5.91 Å². The molecule has 0 bridgehead atoms. The summed E-state index contributed by atoms with van der Waals surface area (Å²) in [5.74, 6) is 0.199. The van der Waals surface area contributed by atoms with Gasteiger partial charge in [-0.05, 0) is 26.2 Å². The predicted octanol–water partition coefficient (Wildman–Crippen LogP) is 0.158. The van der Waals surface area contributed by atoms with Crippen LogP contribution in [0.4, 0.5) is 0 Å². The Labute approximate surface area is 102 Å². The quantitative estimate of drug-likeness (QED) is 0.221. The van der Waals surface area contributed by atoms with Gasteiger partial charge in [0.15, 0.2) is 0 Å². The summed E-state index contributed by atoms with van der Waals surface area (Å²) < 4.78 is 0. The van der Waals surface area contributed by atoms with Gasteiger partial charge >= 0.3 is 0 Å². The van der Waals surface area contributed by atoms with Crippen molar-refractivity contribution < 1.29 is 10.0 Å². The zero-order chi connectivity index (χ0) is 12.8. The van der Waals surface area contributed by atoms with E-state index in [1.807, 2.05) is 13.8 Å². The number of carbonyl (C=O) groups is 1. The van der Waals surface area contributed by atoms with Gasteiger partial charge in [-0.1, -0.05) is 12.1 Å². The Morgan fingerprint density at radius 1 is 1.59 bits per heavy atom. The van der Waals surface area contributed by atoms with Gasteiger partial charge in [-0.15, -0.1) is 0 Å². The summed E-state index contributed by atoms with van der Waals surface area (Å²) in [5.41, 5.74) is 5.45. The van der Waals surface area contributed by atoms with Crippen LogP contribution in [0.15, 0.2) is 5.16 Å². The highest BCUT2D eigenvalue weighted by molar-refractivity contribution is 5.82. The average Bonchev–Trinajstić information content (AvgIpc) is 3.11. The van der Waals surface area contributed by atoms with Crippen molar-refractivity contribution in [1.82, 2.24) is 10.6 Å². The summed E-state index contributed by atoms with van der Waals surface area (Å²) in [6, 6.07) is 0.161. The number of nitrogens with one attached hydrogen (secondary N) is 2. The second-order valence-corrected chi connectivity index (χ2v) is 4.57. The van der Waals surface area contributed by atoms with Gasteiger partial charge in [0.1, 0.15) is 5.84 Å². The Morgan fingerprint density at radius 2 is 2.24 bits per heavy atom. The maximum absolute atomic E-state index is 11.7. The highest BCUT2D eigenvalue weighted by atomic mass is 16.4. The minimum Gasteiger partial charge on any atom is -0.409 e. The van der Waals surface area contributed by atoms with Crippen LogP contribution in [-0.2, 0) is 4.79 Å². The second-order valence-electron chi connectivity index (χ2n) is 4.57. The summed E-state index contributed by atoms with van der Waals surface area (Å²) in [4.78, 5) is 11.7. The van der Waals surface area contributed by atoms with Crippen molar-refractivity contribution in [1.29, 1.82) is 0 Å². The van der Waals surface area contributed by atoms with Crippen molar-refractivity contribution in [2.75, 3.05) is 0 Å². The van der Waals surface area contributed by atoms with E-state index < -0.39 is 0 Å². The average molecular weight is 242 g/mol. The highest BCUT2D eigenvalue weighted by Crippen LogP contribution is 2.18. The van der Waals surface area contributed by atoms with E-state index in [4.69, 9.17) is 10.9 Å². The number of nitrogens with zero attached hydrogens (tertiary/aromatic N) is 1. The molecule has 1 saturated carbocycles. The van der Waals surface area contributed by atoms with E-state index in [1.165, 1.54) is 0 Å². The molecule has 1 rings (SSSR count). The third-order valence-electron chi connectivity index (χ3n) is 2.88. The number of hydrogen-bond donors (Lipinski definition) is 4. The molecular formula is C11H22N4O2. The molecular weight excluding hydrogens is 220 g/mol. The fourth-order valence-electron chi connectivity index (χ4n) is 1.60. The molecule has 1 aliphatic rings. The molecule has 1 fully saturated rings. The minimum atomic E-state index is -0.257. The van der Waals surface area contributed by atoms with Crippen LogP contribution >= 0.6 is 0 Å². The Morgan fingerprint density at radius 3 is 2.71 bits per heavy atom. The van der Waals surface area contributed by atoms with Crippen molar-refractivity contribution >= 4 is 11.7 Å². The number of nitrogens with two attached hydrogens (primary N) is 1. The van der Waals surface area contributed by atoms with Crippen LogP contribution in [-0.4, -0.2) is 35.1 Å². The van der Waals surface area contributed by atoms with Crippen molar-refractivity contribution in [3.05, 3.63) is 0 Å². The first-order valence-corrected chi connectivity index (χ1v) is 6.09. The third-order valence-corrected chi connectivity index (χ3v) is 2.88. The summed E-state index contributed by atoms with van der Waals surface area (Å²) in [6.07, 6.45) is 3.42. The topological polar surface area (TPSA) is 99.7 Å². The van der Waals surface area contributed by atoms with Crippen LogP contribution in [0.1, 0.15) is 39.5 Å². The smallest absolute Gasteiger partial charge is 0.237 e. The maximum atomic E-state index is 11.7. The number of oxime groups is 1. The fraction of sp³-hybridized carbons (Fsp3) is 0.818. The molecule has 0 aliphatic heterocycles. The van der Waals surface area contributed by atoms with E-state index in [1.54, 1.807) is 0 Å². The van der Waals surface area contributed by atoms with E-state index in [9.17, 15) is 4.79 Å². The lowest BCUT2D eigenvalue weighted by molar-refractivity contribution is -0.123. The lowest BCUT2D eigenvalue weighted by atomic mass is 10.1. The zero-order valence-electron chi connectivity index (χ0n) is 10.4. The molecule has 0 aromatic rings. The molecule has 6 heteroatoms. The maximum Gasteiger partial charge on any atom is 0.237 e. The first-order valence-electron chi connectivity index (χ1n) is 6.09. The molecule has 6 nitrogen and oxygen atoms in total. The van der Waals surface area contributed by atoms with Gasteiger partial charge in [0.25, 0.3) is 0 Å². The van der Waals surface area contributed by atoms with Gasteiger partial charge in [-0.2, -0.15) is 0 Å². The first kappa shape index (κ1) is 13.8. The number of hydrogen-bond acceptors (Lipinski definition) is 4. The van der Waals surface area contributed by atoms with Gasteiger partial charge in [-0.3, -0.25) is 4.79 Å². The van der Waals surface area contributed by atoms with Gasteiger partial charge in [0, 0.05) is 18.5 Å². The normalized spacial score (nSPS) is 19.8. The Hall–Kier alpha value is -1.30. The number of rotatable bonds is 7. The van der Waals surface area contributed by atoms with Crippen LogP contribution in [0.5, 0.6) is 0 Å². The van der Waals surface area contributed by atoms with Crippen LogP contribution < -0.4 is 16.4 Å². The predicted molar refractivity (Wildman–Crippen MR) is 65.9 cm³/mol. The highest BCUT2D eigenvalue weighted by Gasteiger charge is 2.26. The van der Waals surface area contributed by atoms with Crippen molar-refractivity contribution in [2.24, 2.45) is 10.9 Å². The fourth-order valence-corrected chi connectivity index (χ4v) is 1.60. The third kappa shape index (κ3) is 5.04. The molecule has 5 N–H and O–H groups in total. The number of amidine groups is 1. The summed E-state index contributed by atoms with van der Waals surface area (Å²) in [7, 11) is 0. The van der Waals surface area contributed by atoms with Gasteiger partial charge < -0.3 is 21.6 Å². The Balaban J connectivity index is 2.34. The molecule has 0 saturated heterocycles. The molecule has 98 valence electrons. The Kier molecular flexibility index (Phi) is 5.21. The minimum absolute atomic E-state index is 0.0189. The zero-order valence-corrected chi connectivity index (χ0v) is 10.4. The SMILES string of the molecule is CCC(CC(N)=NO)NC(C)C(=O)NC1CC1. The van der Waals surface area contributed by atoms with E-state index >= 15 is 0 Å². The molecule has 0 spiro atoms. The molecule has 0 radical (unpaired) electrons. The molecule has 17 heavy (non-hydrogen) atoms. The number of amides is 1. The largest absolute Gasteiger partial charge is 0.409 e. The van der Waals surface area contributed by atoms with Gasteiger partial charge in [-0.25, -0.2) is 0 Å². The monoisotopic (exact) mass is 242 g/mol. The molecule has 0 aromatic carbocycles. The molecule has 2 unspecified atom stereocenters. The molecule has 0 heterocycles. The molecule has 1 aliphatic carbocycles. The lowest BCUT2D eigenvalue weighted by Gasteiger charge is -2.21. The van der Waals surface area contributed by atoms with Gasteiger partial charge in [0.05, 0.1) is 6.04 Å². The lowest BCUT2D eigenvalue weighted by Crippen LogP contribution is -2.48. The molecule has 0 aromatic heterocycles. The van der Waals surface area contributed by atoms with Crippen LogP contribution in [0.3, 0.4) is 0 Å². The first-order chi connectivity index (χ1) is 8.06. The van der Waals surface area contributed by atoms with Crippen molar-refractivity contribution in [3.8, 4) is 0 Å². The standard InChI is InChI=1S/C11H22N4O2/c1-3-8(6-10(12)15-17)13-7(2)11(16)14-9-4-5-9/h7-9,13,17H,3-6H2,1-2H3,(H2,12,15)(H,14,16). The van der Waals surface area contributed by atoms with E-state index in [0.29, 0.717) is 12.5 Å².